The molecule has 1 aromatic carbocycles. The van der Waals surface area contributed by atoms with Crippen LogP contribution < -0.4 is 11.1 Å². The number of aryl methyl sites for hydroxylation is 1. The number of nitrogens with zero attached hydrogens (tertiary/aromatic N) is 1. The van der Waals surface area contributed by atoms with Gasteiger partial charge in [0.15, 0.2) is 0 Å². The van der Waals surface area contributed by atoms with E-state index in [1.54, 1.807) is 25.1 Å². The molecule has 0 aliphatic carbocycles. The van der Waals surface area contributed by atoms with Gasteiger partial charge in [0, 0.05) is 30.8 Å². The third-order valence-electron chi connectivity index (χ3n) is 2.36. The second-order valence-electron chi connectivity index (χ2n) is 3.67. The minimum atomic E-state index is -0.523. The Kier molecular flexibility index (Phi) is 5.01. The highest BCUT2D eigenvalue weighted by molar-refractivity contribution is 5.96. The number of non-ortho nitro benzene ring substituents is 1. The van der Waals surface area contributed by atoms with Crippen molar-refractivity contribution in [3.05, 3.63) is 51.6 Å². The predicted molar refractivity (Wildman–Crippen MR) is 68.4 cm³/mol. The molecule has 0 radical (unpaired) electrons. The maximum absolute atomic E-state index is 11.8. The van der Waals surface area contributed by atoms with Crippen molar-refractivity contribution in [3.8, 4) is 0 Å². The fraction of sp³-hybridized carbons (Fsp3) is 0.250. The van der Waals surface area contributed by atoms with Gasteiger partial charge in [-0.2, -0.15) is 0 Å². The molecule has 18 heavy (non-hydrogen) atoms. The van der Waals surface area contributed by atoms with E-state index < -0.39 is 4.92 Å². The number of nitro groups is 1. The molecule has 0 saturated heterocycles. The van der Waals surface area contributed by atoms with E-state index in [9.17, 15) is 14.9 Å². The lowest BCUT2D eigenvalue weighted by Gasteiger charge is -2.05. The summed E-state index contributed by atoms with van der Waals surface area (Å²) in [7, 11) is 0. The Hall–Kier alpha value is -2.21. The lowest BCUT2D eigenvalue weighted by atomic mass is 10.1. The van der Waals surface area contributed by atoms with E-state index in [-0.39, 0.29) is 11.6 Å². The number of carbonyl (C=O) groups is 1. The van der Waals surface area contributed by atoms with Crippen LogP contribution in [0.3, 0.4) is 0 Å². The minimum Gasteiger partial charge on any atom is -0.349 e. The maximum atomic E-state index is 11.8. The molecule has 96 valence electrons. The topological polar surface area (TPSA) is 98.3 Å². The largest absolute Gasteiger partial charge is 0.349 e. The number of hydrogen-bond acceptors (Lipinski definition) is 4. The summed E-state index contributed by atoms with van der Waals surface area (Å²) in [6.07, 6.45) is 3.45. The summed E-state index contributed by atoms with van der Waals surface area (Å²) in [5.74, 6) is -0.335. The van der Waals surface area contributed by atoms with Crippen LogP contribution in [0.4, 0.5) is 5.69 Å². The Morgan fingerprint density at radius 3 is 2.83 bits per heavy atom. The summed E-state index contributed by atoms with van der Waals surface area (Å²) in [5.41, 5.74) is 6.17. The molecule has 0 atom stereocenters. The third-order valence-corrected chi connectivity index (χ3v) is 2.36. The van der Waals surface area contributed by atoms with Gasteiger partial charge in [-0.25, -0.2) is 0 Å². The van der Waals surface area contributed by atoms with Gasteiger partial charge in [0.1, 0.15) is 0 Å². The summed E-state index contributed by atoms with van der Waals surface area (Å²) < 4.78 is 0. The molecular weight excluding hydrogens is 234 g/mol. The van der Waals surface area contributed by atoms with Gasteiger partial charge in [-0.05, 0) is 12.5 Å². The normalized spacial score (nSPS) is 10.6. The van der Waals surface area contributed by atoms with Crippen LogP contribution in [-0.2, 0) is 0 Å². The summed E-state index contributed by atoms with van der Waals surface area (Å²) in [4.78, 5) is 21.9. The second kappa shape index (κ2) is 6.51. The first-order valence-corrected chi connectivity index (χ1v) is 5.44. The quantitative estimate of drug-likeness (QED) is 0.464. The van der Waals surface area contributed by atoms with Gasteiger partial charge in [0.2, 0.25) is 0 Å². The fourth-order valence-electron chi connectivity index (χ4n) is 1.39. The third kappa shape index (κ3) is 3.67. The Balaban J connectivity index is 2.81. The van der Waals surface area contributed by atoms with Gasteiger partial charge >= 0.3 is 0 Å². The van der Waals surface area contributed by atoms with E-state index in [1.165, 1.54) is 12.1 Å². The van der Waals surface area contributed by atoms with Crippen molar-refractivity contribution in [2.24, 2.45) is 5.73 Å². The van der Waals surface area contributed by atoms with E-state index in [2.05, 4.69) is 5.32 Å². The average molecular weight is 249 g/mol. The zero-order chi connectivity index (χ0) is 13.5. The number of nitro benzene ring substituents is 1. The molecule has 1 amide bonds. The number of nitrogens with one attached hydrogen (secondary N) is 1. The van der Waals surface area contributed by atoms with Crippen LogP contribution in [0.15, 0.2) is 30.4 Å². The number of rotatable bonds is 5. The lowest BCUT2D eigenvalue weighted by Crippen LogP contribution is -2.24. The Bertz CT molecular complexity index is 483. The standard InChI is InChI=1S/C12H15N3O3/c1-9-4-5-10(15(17)18)8-11(9)12(16)14-7-3-2-6-13/h2-5,8H,6-7,13H2,1H3,(H,14,16)/b3-2+. The first-order valence-electron chi connectivity index (χ1n) is 5.44. The number of nitrogens with two attached hydrogens (primary N) is 1. The van der Waals surface area contributed by atoms with Crippen LogP contribution in [0.1, 0.15) is 15.9 Å². The molecule has 1 aromatic rings. The second-order valence-corrected chi connectivity index (χ2v) is 3.67. The summed E-state index contributed by atoms with van der Waals surface area (Å²) >= 11 is 0. The molecule has 3 N–H and O–H groups in total. The van der Waals surface area contributed by atoms with Gasteiger partial charge in [-0.3, -0.25) is 14.9 Å². The van der Waals surface area contributed by atoms with Crippen molar-refractivity contribution < 1.29 is 9.72 Å². The highest BCUT2D eigenvalue weighted by Crippen LogP contribution is 2.17. The predicted octanol–water partition coefficient (Wildman–Crippen LogP) is 1.15. The van der Waals surface area contributed by atoms with Crippen LogP contribution >= 0.6 is 0 Å². The van der Waals surface area contributed by atoms with Crippen molar-refractivity contribution in [1.29, 1.82) is 0 Å². The van der Waals surface area contributed by atoms with Crippen LogP contribution in [0.25, 0.3) is 0 Å². The highest BCUT2D eigenvalue weighted by Gasteiger charge is 2.13. The molecule has 0 aliphatic heterocycles. The van der Waals surface area contributed by atoms with E-state index in [1.807, 2.05) is 0 Å². The van der Waals surface area contributed by atoms with Crippen LogP contribution in [0.2, 0.25) is 0 Å². The molecule has 0 saturated carbocycles. The monoisotopic (exact) mass is 249 g/mol. The zero-order valence-corrected chi connectivity index (χ0v) is 10.1. The van der Waals surface area contributed by atoms with Gasteiger partial charge in [-0.15, -0.1) is 0 Å². The molecule has 0 spiro atoms. The van der Waals surface area contributed by atoms with Crippen molar-refractivity contribution in [2.75, 3.05) is 13.1 Å². The minimum absolute atomic E-state index is 0.0942. The smallest absolute Gasteiger partial charge is 0.270 e. The summed E-state index contributed by atoms with van der Waals surface area (Å²) in [6.45, 7) is 2.48. The number of hydrogen-bond donors (Lipinski definition) is 2. The number of amides is 1. The molecule has 0 unspecified atom stereocenters. The van der Waals surface area contributed by atoms with E-state index in [0.717, 1.165) is 0 Å². The Morgan fingerprint density at radius 2 is 2.22 bits per heavy atom. The zero-order valence-electron chi connectivity index (χ0n) is 10.1. The van der Waals surface area contributed by atoms with Crippen molar-refractivity contribution in [2.45, 2.75) is 6.92 Å². The molecular formula is C12H15N3O3. The molecule has 0 bridgehead atoms. The first kappa shape index (κ1) is 13.9. The van der Waals surface area contributed by atoms with Gasteiger partial charge in [-0.1, -0.05) is 18.2 Å². The van der Waals surface area contributed by atoms with Crippen molar-refractivity contribution in [3.63, 3.8) is 0 Å². The Morgan fingerprint density at radius 1 is 1.50 bits per heavy atom. The fourth-order valence-corrected chi connectivity index (χ4v) is 1.39. The number of benzene rings is 1. The van der Waals surface area contributed by atoms with Crippen LogP contribution in [-0.4, -0.2) is 23.9 Å². The molecule has 0 aromatic heterocycles. The first-order chi connectivity index (χ1) is 8.56. The Labute approximate surface area is 105 Å². The van der Waals surface area contributed by atoms with Crippen LogP contribution in [0.5, 0.6) is 0 Å². The number of carbonyl (C=O) groups excluding carboxylic acids is 1. The van der Waals surface area contributed by atoms with Crippen LogP contribution in [0, 0.1) is 17.0 Å². The van der Waals surface area contributed by atoms with E-state index >= 15 is 0 Å². The summed E-state index contributed by atoms with van der Waals surface area (Å²) in [6, 6.07) is 4.21. The van der Waals surface area contributed by atoms with Gasteiger partial charge in [0.05, 0.1) is 4.92 Å². The van der Waals surface area contributed by atoms with Crippen molar-refractivity contribution in [1.82, 2.24) is 5.32 Å². The molecule has 6 nitrogen and oxygen atoms in total. The molecule has 0 fully saturated rings. The maximum Gasteiger partial charge on any atom is 0.270 e. The molecule has 0 heterocycles. The SMILES string of the molecule is Cc1ccc([N+](=O)[O-])cc1C(=O)NC/C=C/CN. The molecule has 6 heteroatoms. The summed E-state index contributed by atoms with van der Waals surface area (Å²) in [5, 5.41) is 13.3. The van der Waals surface area contributed by atoms with E-state index in [4.69, 9.17) is 5.73 Å². The van der Waals surface area contributed by atoms with Crippen molar-refractivity contribution >= 4 is 11.6 Å². The highest BCUT2D eigenvalue weighted by atomic mass is 16.6. The van der Waals surface area contributed by atoms with Gasteiger partial charge < -0.3 is 11.1 Å². The average Bonchev–Trinajstić information content (AvgIpc) is 2.34. The van der Waals surface area contributed by atoms with E-state index in [0.29, 0.717) is 24.2 Å². The molecule has 0 aliphatic rings. The lowest BCUT2D eigenvalue weighted by molar-refractivity contribution is -0.384. The molecule has 1 rings (SSSR count). The van der Waals surface area contributed by atoms with Gasteiger partial charge in [0.25, 0.3) is 11.6 Å².